The highest BCUT2D eigenvalue weighted by atomic mass is 16.5. The predicted molar refractivity (Wildman–Crippen MR) is 94.2 cm³/mol. The van der Waals surface area contributed by atoms with Gasteiger partial charge in [0.15, 0.2) is 5.78 Å². The van der Waals surface area contributed by atoms with E-state index in [9.17, 15) is 9.90 Å². The number of hydrogen-bond donors (Lipinski definition) is 2. The van der Waals surface area contributed by atoms with E-state index in [0.29, 0.717) is 30.3 Å². The molecule has 0 aliphatic carbocycles. The van der Waals surface area contributed by atoms with Crippen molar-refractivity contribution in [2.75, 3.05) is 13.2 Å². The molecule has 0 bridgehead atoms. The Morgan fingerprint density at radius 2 is 1.79 bits per heavy atom. The van der Waals surface area contributed by atoms with Gasteiger partial charge in [-0.3, -0.25) is 4.79 Å². The van der Waals surface area contributed by atoms with Crippen LogP contribution in [0.3, 0.4) is 0 Å². The molecule has 0 amide bonds. The largest absolute Gasteiger partial charge is 0.491 e. The first-order chi connectivity index (χ1) is 11.6. The number of carbonyl (C=O) groups is 1. The maximum absolute atomic E-state index is 11.6. The van der Waals surface area contributed by atoms with Crippen molar-refractivity contribution >= 4 is 5.78 Å². The standard InChI is InChI=1S/C20H25NO3/c1-3-20(23)17-9-11-19(12-10-17)24-14-18(22)13-21-15(2)16-7-5-4-6-8-16/h4-12,15,18,21-22H,3,13-14H2,1-2H3/p+1/t15-,18-/m0/s1. The van der Waals surface area contributed by atoms with Crippen LogP contribution >= 0.6 is 0 Å². The van der Waals surface area contributed by atoms with Crippen molar-refractivity contribution in [1.82, 2.24) is 0 Å². The number of aliphatic hydroxyl groups is 1. The number of aliphatic hydroxyl groups excluding tert-OH is 1. The van der Waals surface area contributed by atoms with Crippen molar-refractivity contribution in [3.8, 4) is 5.75 Å². The number of rotatable bonds is 9. The summed E-state index contributed by atoms with van der Waals surface area (Å²) in [6, 6.07) is 17.6. The van der Waals surface area contributed by atoms with Gasteiger partial charge in [0.05, 0.1) is 0 Å². The van der Waals surface area contributed by atoms with E-state index in [-0.39, 0.29) is 12.4 Å². The lowest BCUT2D eigenvalue weighted by atomic mass is 10.1. The fourth-order valence-corrected chi connectivity index (χ4v) is 2.46. The van der Waals surface area contributed by atoms with Crippen LogP contribution < -0.4 is 10.1 Å². The molecule has 2 aromatic carbocycles. The van der Waals surface area contributed by atoms with E-state index in [1.54, 1.807) is 24.3 Å². The van der Waals surface area contributed by atoms with Crippen molar-refractivity contribution in [2.24, 2.45) is 0 Å². The molecule has 2 atom stereocenters. The Kier molecular flexibility index (Phi) is 6.97. The lowest BCUT2D eigenvalue weighted by Crippen LogP contribution is -2.87. The fourth-order valence-electron chi connectivity index (χ4n) is 2.46. The van der Waals surface area contributed by atoms with Gasteiger partial charge in [0.2, 0.25) is 0 Å². The first kappa shape index (κ1) is 18.2. The Hall–Kier alpha value is -2.17. The van der Waals surface area contributed by atoms with Crippen LogP contribution in [-0.4, -0.2) is 30.1 Å². The van der Waals surface area contributed by atoms with Gasteiger partial charge in [0.1, 0.15) is 31.0 Å². The topological polar surface area (TPSA) is 63.1 Å². The maximum Gasteiger partial charge on any atom is 0.162 e. The average Bonchev–Trinajstić information content (AvgIpc) is 2.64. The number of ether oxygens (including phenoxy) is 1. The molecular formula is C20H26NO3+. The predicted octanol–water partition coefficient (Wildman–Crippen LogP) is 2.34. The Morgan fingerprint density at radius 3 is 2.42 bits per heavy atom. The van der Waals surface area contributed by atoms with Gasteiger partial charge in [0.25, 0.3) is 0 Å². The summed E-state index contributed by atoms with van der Waals surface area (Å²) in [5.41, 5.74) is 1.93. The zero-order valence-corrected chi connectivity index (χ0v) is 14.3. The van der Waals surface area contributed by atoms with Crippen LogP contribution in [0.2, 0.25) is 0 Å². The van der Waals surface area contributed by atoms with Gasteiger partial charge in [-0.05, 0) is 31.2 Å². The molecule has 3 N–H and O–H groups in total. The van der Waals surface area contributed by atoms with Gasteiger partial charge >= 0.3 is 0 Å². The molecule has 0 heterocycles. The molecule has 0 aliphatic heterocycles. The fraction of sp³-hybridized carbons (Fsp3) is 0.350. The summed E-state index contributed by atoms with van der Waals surface area (Å²) < 4.78 is 5.59. The van der Waals surface area contributed by atoms with Gasteiger partial charge in [0, 0.05) is 17.5 Å². The molecule has 4 heteroatoms. The number of nitrogens with two attached hydrogens (primary N) is 1. The minimum atomic E-state index is -0.548. The van der Waals surface area contributed by atoms with Crippen LogP contribution in [0, 0.1) is 0 Å². The summed E-state index contributed by atoms with van der Waals surface area (Å²) in [5.74, 6) is 0.781. The second-order valence-corrected chi connectivity index (χ2v) is 5.94. The van der Waals surface area contributed by atoms with Gasteiger partial charge < -0.3 is 15.2 Å². The molecule has 128 valence electrons. The summed E-state index contributed by atoms with van der Waals surface area (Å²) >= 11 is 0. The SMILES string of the molecule is CCC(=O)c1ccc(OC[C@@H](O)C[NH2+][C@@H](C)c2ccccc2)cc1. The van der Waals surface area contributed by atoms with E-state index in [1.807, 2.05) is 25.1 Å². The van der Waals surface area contributed by atoms with E-state index >= 15 is 0 Å². The maximum atomic E-state index is 11.6. The number of quaternary nitrogens is 1. The van der Waals surface area contributed by atoms with Crippen molar-refractivity contribution in [2.45, 2.75) is 32.4 Å². The monoisotopic (exact) mass is 328 g/mol. The van der Waals surface area contributed by atoms with Crippen LogP contribution in [-0.2, 0) is 0 Å². The third kappa shape index (κ3) is 5.48. The van der Waals surface area contributed by atoms with Gasteiger partial charge in [-0.25, -0.2) is 0 Å². The van der Waals surface area contributed by atoms with Crippen LogP contribution in [0.4, 0.5) is 0 Å². The third-order valence-electron chi connectivity index (χ3n) is 4.03. The molecule has 2 aromatic rings. The van der Waals surface area contributed by atoms with Crippen LogP contribution in [0.1, 0.15) is 42.2 Å². The molecule has 2 rings (SSSR count). The minimum absolute atomic E-state index is 0.117. The van der Waals surface area contributed by atoms with E-state index in [0.717, 1.165) is 0 Å². The van der Waals surface area contributed by atoms with Crippen molar-refractivity contribution in [3.05, 3.63) is 65.7 Å². The Balaban J connectivity index is 1.75. The molecule has 24 heavy (non-hydrogen) atoms. The third-order valence-corrected chi connectivity index (χ3v) is 4.03. The average molecular weight is 328 g/mol. The molecule has 0 aliphatic rings. The summed E-state index contributed by atoms with van der Waals surface area (Å²) in [6.07, 6.45) is -0.0536. The van der Waals surface area contributed by atoms with E-state index < -0.39 is 6.10 Å². The highest BCUT2D eigenvalue weighted by molar-refractivity contribution is 5.95. The molecule has 0 aromatic heterocycles. The van der Waals surface area contributed by atoms with Crippen molar-refractivity contribution in [1.29, 1.82) is 0 Å². The van der Waals surface area contributed by atoms with Crippen LogP contribution in [0.25, 0.3) is 0 Å². The minimum Gasteiger partial charge on any atom is -0.491 e. The molecule has 0 radical (unpaired) electrons. The lowest BCUT2D eigenvalue weighted by molar-refractivity contribution is -0.698. The highest BCUT2D eigenvalue weighted by Crippen LogP contribution is 2.13. The number of hydrogen-bond acceptors (Lipinski definition) is 3. The second-order valence-electron chi connectivity index (χ2n) is 5.94. The lowest BCUT2D eigenvalue weighted by Gasteiger charge is -2.15. The summed E-state index contributed by atoms with van der Waals surface area (Å²) in [7, 11) is 0. The van der Waals surface area contributed by atoms with Gasteiger partial charge in [-0.15, -0.1) is 0 Å². The number of Topliss-reactive ketones (excluding diaryl/α,β-unsaturated/α-hetero) is 1. The zero-order valence-electron chi connectivity index (χ0n) is 14.3. The summed E-state index contributed by atoms with van der Waals surface area (Å²) in [5, 5.41) is 12.2. The van der Waals surface area contributed by atoms with Crippen molar-refractivity contribution < 1.29 is 20.0 Å². The molecule has 0 fully saturated rings. The molecule has 0 unspecified atom stereocenters. The van der Waals surface area contributed by atoms with E-state index in [2.05, 4.69) is 24.4 Å². The normalized spacial score (nSPS) is 13.3. The van der Waals surface area contributed by atoms with Gasteiger partial charge in [-0.1, -0.05) is 37.3 Å². The van der Waals surface area contributed by atoms with E-state index in [4.69, 9.17) is 4.74 Å². The van der Waals surface area contributed by atoms with Crippen LogP contribution in [0.15, 0.2) is 54.6 Å². The Labute approximate surface area is 143 Å². The summed E-state index contributed by atoms with van der Waals surface area (Å²) in [6.45, 7) is 4.77. The second kappa shape index (κ2) is 9.21. The number of benzene rings is 2. The first-order valence-electron chi connectivity index (χ1n) is 8.42. The van der Waals surface area contributed by atoms with Crippen LogP contribution in [0.5, 0.6) is 5.75 Å². The molecule has 0 saturated carbocycles. The van der Waals surface area contributed by atoms with Gasteiger partial charge in [-0.2, -0.15) is 0 Å². The Morgan fingerprint density at radius 1 is 1.12 bits per heavy atom. The molecule has 0 spiro atoms. The van der Waals surface area contributed by atoms with Crippen molar-refractivity contribution in [3.63, 3.8) is 0 Å². The zero-order chi connectivity index (χ0) is 17.4. The van der Waals surface area contributed by atoms with E-state index in [1.165, 1.54) is 5.56 Å². The number of ketones is 1. The number of carbonyl (C=O) groups excluding carboxylic acids is 1. The first-order valence-corrected chi connectivity index (χ1v) is 8.42. The Bertz CT molecular complexity index is 625. The molecule has 4 nitrogen and oxygen atoms in total. The quantitative estimate of drug-likeness (QED) is 0.695. The molecular weight excluding hydrogens is 302 g/mol. The summed E-state index contributed by atoms with van der Waals surface area (Å²) in [4.78, 5) is 11.6. The highest BCUT2D eigenvalue weighted by Gasteiger charge is 2.13. The molecule has 0 saturated heterocycles. The smallest absolute Gasteiger partial charge is 0.162 e.